The molecular weight excluding hydrogens is 466 g/mol. The highest BCUT2D eigenvalue weighted by molar-refractivity contribution is 14.0. The Morgan fingerprint density at radius 1 is 1.38 bits per heavy atom. The first-order valence-corrected chi connectivity index (χ1v) is 9.62. The molecule has 0 aromatic heterocycles. The lowest BCUT2D eigenvalue weighted by Crippen LogP contribution is -2.45. The molecule has 146 valence electrons. The largest absolute Gasteiger partial charge is 0.356 e. The van der Waals surface area contributed by atoms with E-state index in [2.05, 4.69) is 15.6 Å². The van der Waals surface area contributed by atoms with Crippen LogP contribution in [0.3, 0.4) is 0 Å². The lowest BCUT2D eigenvalue weighted by molar-refractivity contribution is -0.133. The first kappa shape index (κ1) is 23.0. The van der Waals surface area contributed by atoms with E-state index in [0.717, 1.165) is 42.7 Å². The normalized spacial score (nSPS) is 17.2. The molecule has 0 spiro atoms. The number of halogens is 2. The molecule has 1 aromatic rings. The number of nitrogens with one attached hydrogen (secondary N) is 2. The summed E-state index contributed by atoms with van der Waals surface area (Å²) >= 11 is 1.67. The molecule has 2 N–H and O–H groups in total. The number of hydrogen-bond donors (Lipinski definition) is 2. The average molecular weight is 494 g/mol. The summed E-state index contributed by atoms with van der Waals surface area (Å²) in [5.41, 5.74) is 0. The lowest BCUT2D eigenvalue weighted by atomic mass is 10.2. The van der Waals surface area contributed by atoms with Crippen molar-refractivity contribution in [2.45, 2.75) is 31.2 Å². The zero-order chi connectivity index (χ0) is 18.2. The van der Waals surface area contributed by atoms with Gasteiger partial charge >= 0.3 is 0 Å². The SMILES string of the molecule is CN=C(NCCSc1ccc(F)cc1)NC1CCN(C(=O)C(C)C)C1.I. The Hall–Kier alpha value is -1.03. The van der Waals surface area contributed by atoms with E-state index in [1.165, 1.54) is 12.1 Å². The van der Waals surface area contributed by atoms with Gasteiger partial charge in [0.05, 0.1) is 0 Å². The molecule has 1 unspecified atom stereocenters. The summed E-state index contributed by atoms with van der Waals surface area (Å²) in [6.45, 7) is 6.14. The molecule has 1 atom stereocenters. The van der Waals surface area contributed by atoms with Gasteiger partial charge in [-0.1, -0.05) is 13.8 Å². The summed E-state index contributed by atoms with van der Waals surface area (Å²) in [4.78, 5) is 19.2. The molecule has 0 bridgehead atoms. The summed E-state index contributed by atoms with van der Waals surface area (Å²) in [6.07, 6.45) is 0.934. The van der Waals surface area contributed by atoms with Crippen LogP contribution in [-0.4, -0.2) is 55.2 Å². The minimum Gasteiger partial charge on any atom is -0.356 e. The van der Waals surface area contributed by atoms with Crippen LogP contribution < -0.4 is 10.6 Å². The molecule has 1 aliphatic rings. The third-order valence-electron chi connectivity index (χ3n) is 4.04. The van der Waals surface area contributed by atoms with Crippen molar-refractivity contribution in [1.82, 2.24) is 15.5 Å². The monoisotopic (exact) mass is 494 g/mol. The number of benzene rings is 1. The quantitative estimate of drug-likeness (QED) is 0.210. The molecule has 2 rings (SSSR count). The number of guanidine groups is 1. The molecule has 0 aliphatic carbocycles. The van der Waals surface area contributed by atoms with Crippen molar-refractivity contribution in [3.63, 3.8) is 0 Å². The fourth-order valence-electron chi connectivity index (χ4n) is 2.70. The molecule has 1 heterocycles. The standard InChI is InChI=1S/C18H27FN4OS.HI/c1-13(2)17(24)23-10-8-15(12-23)22-18(20-3)21-9-11-25-16-6-4-14(19)5-7-16;/h4-7,13,15H,8-12H2,1-3H3,(H2,20,21,22);1H. The van der Waals surface area contributed by atoms with Gasteiger partial charge < -0.3 is 15.5 Å². The maximum Gasteiger partial charge on any atom is 0.225 e. The van der Waals surface area contributed by atoms with Gasteiger partial charge in [0, 0.05) is 49.3 Å². The predicted octanol–water partition coefficient (Wildman–Crippen LogP) is 2.96. The van der Waals surface area contributed by atoms with Crippen molar-refractivity contribution in [2.75, 3.05) is 32.4 Å². The molecule has 1 amide bonds. The van der Waals surface area contributed by atoms with E-state index in [1.54, 1.807) is 30.9 Å². The van der Waals surface area contributed by atoms with E-state index in [4.69, 9.17) is 0 Å². The Balaban J connectivity index is 0.00000338. The third-order valence-corrected chi connectivity index (χ3v) is 5.05. The number of hydrogen-bond acceptors (Lipinski definition) is 3. The van der Waals surface area contributed by atoms with Crippen LogP contribution in [0.5, 0.6) is 0 Å². The van der Waals surface area contributed by atoms with E-state index >= 15 is 0 Å². The zero-order valence-electron chi connectivity index (χ0n) is 15.5. The van der Waals surface area contributed by atoms with E-state index in [-0.39, 0.29) is 47.7 Å². The van der Waals surface area contributed by atoms with Crippen molar-refractivity contribution >= 4 is 47.6 Å². The highest BCUT2D eigenvalue weighted by Crippen LogP contribution is 2.17. The Kier molecular flexibility index (Phi) is 10.3. The van der Waals surface area contributed by atoms with E-state index < -0.39 is 0 Å². The van der Waals surface area contributed by atoms with Crippen LogP contribution in [0.4, 0.5) is 4.39 Å². The molecule has 1 saturated heterocycles. The van der Waals surface area contributed by atoms with Crippen LogP contribution >= 0.6 is 35.7 Å². The maximum atomic E-state index is 12.9. The number of carbonyl (C=O) groups is 1. The van der Waals surface area contributed by atoms with Crippen molar-refractivity contribution in [3.05, 3.63) is 30.1 Å². The van der Waals surface area contributed by atoms with Crippen LogP contribution in [0.2, 0.25) is 0 Å². The number of likely N-dealkylation sites (tertiary alicyclic amines) is 1. The molecule has 0 saturated carbocycles. The van der Waals surface area contributed by atoms with E-state index in [9.17, 15) is 9.18 Å². The number of rotatable bonds is 6. The Morgan fingerprint density at radius 3 is 2.69 bits per heavy atom. The van der Waals surface area contributed by atoms with Gasteiger partial charge in [0.25, 0.3) is 0 Å². The number of aliphatic imine (C=N–C) groups is 1. The van der Waals surface area contributed by atoms with Crippen molar-refractivity contribution in [1.29, 1.82) is 0 Å². The molecule has 0 radical (unpaired) electrons. The minimum absolute atomic E-state index is 0. The van der Waals surface area contributed by atoms with E-state index in [1.807, 2.05) is 18.7 Å². The zero-order valence-corrected chi connectivity index (χ0v) is 18.6. The van der Waals surface area contributed by atoms with Gasteiger partial charge in [0.2, 0.25) is 5.91 Å². The van der Waals surface area contributed by atoms with Crippen LogP contribution in [0.25, 0.3) is 0 Å². The fourth-order valence-corrected chi connectivity index (χ4v) is 3.47. The summed E-state index contributed by atoms with van der Waals surface area (Å²) < 4.78 is 12.9. The third kappa shape index (κ3) is 7.30. The van der Waals surface area contributed by atoms with Gasteiger partial charge in [-0.05, 0) is 30.7 Å². The Labute approximate surface area is 176 Å². The van der Waals surface area contributed by atoms with Crippen LogP contribution in [0, 0.1) is 11.7 Å². The Morgan fingerprint density at radius 2 is 2.08 bits per heavy atom. The topological polar surface area (TPSA) is 56.7 Å². The number of nitrogens with zero attached hydrogens (tertiary/aromatic N) is 2. The number of thioether (sulfide) groups is 1. The minimum atomic E-state index is -0.214. The van der Waals surface area contributed by atoms with Crippen molar-refractivity contribution in [3.8, 4) is 0 Å². The highest BCUT2D eigenvalue weighted by Gasteiger charge is 2.27. The van der Waals surface area contributed by atoms with Crippen LogP contribution in [-0.2, 0) is 4.79 Å². The molecule has 1 aromatic carbocycles. The smallest absolute Gasteiger partial charge is 0.225 e. The second-order valence-electron chi connectivity index (χ2n) is 6.37. The average Bonchev–Trinajstić information content (AvgIpc) is 3.06. The molecular formula is C18H28FIN4OS. The first-order chi connectivity index (χ1) is 12.0. The van der Waals surface area contributed by atoms with Gasteiger partial charge in [0.15, 0.2) is 5.96 Å². The fraction of sp³-hybridized carbons (Fsp3) is 0.556. The molecule has 1 fully saturated rings. The first-order valence-electron chi connectivity index (χ1n) is 8.64. The second-order valence-corrected chi connectivity index (χ2v) is 7.54. The summed E-state index contributed by atoms with van der Waals surface area (Å²) in [6, 6.07) is 6.75. The van der Waals surface area contributed by atoms with Crippen LogP contribution in [0.15, 0.2) is 34.2 Å². The van der Waals surface area contributed by atoms with Gasteiger partial charge in [0.1, 0.15) is 5.82 Å². The summed E-state index contributed by atoms with van der Waals surface area (Å²) in [5.74, 6) is 1.65. The van der Waals surface area contributed by atoms with Crippen molar-refractivity contribution in [2.24, 2.45) is 10.9 Å². The maximum absolute atomic E-state index is 12.9. The van der Waals surface area contributed by atoms with Crippen molar-refractivity contribution < 1.29 is 9.18 Å². The summed E-state index contributed by atoms with van der Waals surface area (Å²) in [7, 11) is 1.74. The molecule has 8 heteroatoms. The highest BCUT2D eigenvalue weighted by atomic mass is 127. The number of amides is 1. The molecule has 5 nitrogen and oxygen atoms in total. The van der Waals surface area contributed by atoms with Crippen LogP contribution in [0.1, 0.15) is 20.3 Å². The number of carbonyl (C=O) groups excluding carboxylic acids is 1. The van der Waals surface area contributed by atoms with Gasteiger partial charge in [-0.15, -0.1) is 35.7 Å². The molecule has 26 heavy (non-hydrogen) atoms. The van der Waals surface area contributed by atoms with E-state index in [0.29, 0.717) is 0 Å². The predicted molar refractivity (Wildman–Crippen MR) is 117 cm³/mol. The van der Waals surface area contributed by atoms with Gasteiger partial charge in [-0.3, -0.25) is 9.79 Å². The molecule has 1 aliphatic heterocycles. The van der Waals surface area contributed by atoms with Gasteiger partial charge in [-0.2, -0.15) is 0 Å². The summed E-state index contributed by atoms with van der Waals surface area (Å²) in [5, 5.41) is 6.67. The Bertz CT molecular complexity index is 597. The lowest BCUT2D eigenvalue weighted by Gasteiger charge is -2.20. The van der Waals surface area contributed by atoms with Gasteiger partial charge in [-0.25, -0.2) is 4.39 Å². The second kappa shape index (κ2) is 11.6.